The average molecular weight is 344 g/mol. The van der Waals surface area contributed by atoms with Gasteiger partial charge in [-0.15, -0.1) is 0 Å². The maximum absolute atomic E-state index is 12.8. The van der Waals surface area contributed by atoms with Gasteiger partial charge in [0.2, 0.25) is 5.91 Å². The Hall–Kier alpha value is -3.21. The van der Waals surface area contributed by atoms with Crippen LogP contribution in [0, 0.1) is 6.92 Å². The van der Waals surface area contributed by atoms with E-state index in [0.717, 1.165) is 33.5 Å². The van der Waals surface area contributed by atoms with E-state index in [1.165, 1.54) is 0 Å². The molecule has 0 radical (unpaired) electrons. The molecule has 3 heterocycles. The van der Waals surface area contributed by atoms with E-state index in [1.54, 1.807) is 11.1 Å². The molecule has 1 aromatic carbocycles. The Morgan fingerprint density at radius 2 is 2.00 bits per heavy atom. The van der Waals surface area contributed by atoms with Crippen molar-refractivity contribution in [3.63, 3.8) is 0 Å². The molecule has 4 rings (SSSR count). The minimum absolute atomic E-state index is 0.0691. The van der Waals surface area contributed by atoms with Crippen molar-refractivity contribution in [1.82, 2.24) is 19.3 Å². The van der Waals surface area contributed by atoms with E-state index in [-0.39, 0.29) is 5.91 Å². The summed E-state index contributed by atoms with van der Waals surface area (Å²) in [7, 11) is 1.84. The van der Waals surface area contributed by atoms with E-state index in [9.17, 15) is 4.79 Å². The minimum atomic E-state index is 0.0691. The largest absolute Gasteiger partial charge is 0.341 e. The van der Waals surface area contributed by atoms with Crippen molar-refractivity contribution in [3.8, 4) is 0 Å². The summed E-state index contributed by atoms with van der Waals surface area (Å²) in [5.74, 6) is 0.0691. The first kappa shape index (κ1) is 16.3. The number of hydrogen-bond acceptors (Lipinski definition) is 3. The smallest absolute Gasteiger partial charge is 0.228 e. The standard InChI is InChI=1S/C21H20N4O/c1-15-19(25-12-4-3-10-20(25)23-15)13-21(26)24(2)14-16-7-5-9-18-17(16)8-6-11-22-18/h3-12H,13-14H2,1-2H3. The van der Waals surface area contributed by atoms with Gasteiger partial charge in [-0.25, -0.2) is 4.98 Å². The molecule has 0 spiro atoms. The topological polar surface area (TPSA) is 50.5 Å². The normalized spacial score (nSPS) is 11.2. The van der Waals surface area contributed by atoms with Gasteiger partial charge in [-0.3, -0.25) is 9.78 Å². The molecule has 4 aromatic rings. The second-order valence-corrected chi connectivity index (χ2v) is 6.49. The van der Waals surface area contributed by atoms with Gasteiger partial charge in [0.05, 0.1) is 23.3 Å². The van der Waals surface area contributed by atoms with Crippen molar-refractivity contribution in [2.45, 2.75) is 19.9 Å². The molecule has 0 bridgehead atoms. The monoisotopic (exact) mass is 344 g/mol. The Kier molecular flexibility index (Phi) is 4.13. The molecule has 5 nitrogen and oxygen atoms in total. The van der Waals surface area contributed by atoms with Crippen LogP contribution in [-0.4, -0.2) is 32.2 Å². The van der Waals surface area contributed by atoms with Gasteiger partial charge < -0.3 is 9.30 Å². The predicted molar refractivity (Wildman–Crippen MR) is 102 cm³/mol. The van der Waals surface area contributed by atoms with Crippen molar-refractivity contribution in [1.29, 1.82) is 0 Å². The molecule has 5 heteroatoms. The number of rotatable bonds is 4. The molecular weight excluding hydrogens is 324 g/mol. The van der Waals surface area contributed by atoms with Crippen LogP contribution < -0.4 is 0 Å². The molecule has 0 N–H and O–H groups in total. The lowest BCUT2D eigenvalue weighted by Crippen LogP contribution is -2.28. The molecule has 0 aliphatic heterocycles. The molecule has 1 amide bonds. The highest BCUT2D eigenvalue weighted by Crippen LogP contribution is 2.19. The van der Waals surface area contributed by atoms with Crippen LogP contribution in [-0.2, 0) is 17.8 Å². The number of imidazole rings is 1. The zero-order valence-electron chi connectivity index (χ0n) is 14.9. The highest BCUT2D eigenvalue weighted by molar-refractivity contribution is 5.83. The van der Waals surface area contributed by atoms with Crippen LogP contribution in [0.2, 0.25) is 0 Å². The van der Waals surface area contributed by atoms with Crippen molar-refractivity contribution in [2.24, 2.45) is 0 Å². The Labute approximate surface area is 151 Å². The van der Waals surface area contributed by atoms with Crippen molar-refractivity contribution < 1.29 is 4.79 Å². The number of aryl methyl sites for hydroxylation is 1. The number of benzene rings is 1. The molecule has 0 unspecified atom stereocenters. The number of likely N-dealkylation sites (N-methyl/N-ethyl adjacent to an activating group) is 1. The van der Waals surface area contributed by atoms with Gasteiger partial charge >= 0.3 is 0 Å². The lowest BCUT2D eigenvalue weighted by Gasteiger charge is -2.18. The third kappa shape index (κ3) is 2.92. The molecule has 0 fully saturated rings. The van der Waals surface area contributed by atoms with E-state index in [0.29, 0.717) is 13.0 Å². The van der Waals surface area contributed by atoms with Crippen molar-refractivity contribution in [2.75, 3.05) is 7.05 Å². The summed E-state index contributed by atoms with van der Waals surface area (Å²) < 4.78 is 1.99. The number of carbonyl (C=O) groups excluding carboxylic acids is 1. The lowest BCUT2D eigenvalue weighted by molar-refractivity contribution is -0.129. The summed E-state index contributed by atoms with van der Waals surface area (Å²) >= 11 is 0. The third-order valence-corrected chi connectivity index (χ3v) is 4.72. The SMILES string of the molecule is Cc1nc2ccccn2c1CC(=O)N(C)Cc1cccc2ncccc12. The van der Waals surface area contributed by atoms with Crippen LogP contribution in [0.15, 0.2) is 60.9 Å². The van der Waals surface area contributed by atoms with Gasteiger partial charge in [-0.05, 0) is 36.8 Å². The fourth-order valence-electron chi connectivity index (χ4n) is 3.30. The highest BCUT2D eigenvalue weighted by Gasteiger charge is 2.16. The molecule has 0 aliphatic carbocycles. The molecule has 0 atom stereocenters. The number of pyridine rings is 2. The molecule has 0 saturated heterocycles. The van der Waals surface area contributed by atoms with Crippen molar-refractivity contribution in [3.05, 3.63) is 77.9 Å². The van der Waals surface area contributed by atoms with Gasteiger partial charge in [0.1, 0.15) is 5.65 Å². The van der Waals surface area contributed by atoms with Crippen molar-refractivity contribution >= 4 is 22.5 Å². The van der Waals surface area contributed by atoms with Gasteiger partial charge in [0.15, 0.2) is 0 Å². The Morgan fingerprint density at radius 3 is 2.88 bits per heavy atom. The molecular formula is C21H20N4O. The van der Waals surface area contributed by atoms with E-state index in [2.05, 4.69) is 9.97 Å². The van der Waals surface area contributed by atoms with E-state index in [4.69, 9.17) is 0 Å². The van der Waals surface area contributed by atoms with Crippen LogP contribution in [0.25, 0.3) is 16.6 Å². The van der Waals surface area contributed by atoms with Gasteiger partial charge in [0, 0.05) is 31.4 Å². The fourth-order valence-corrected chi connectivity index (χ4v) is 3.30. The van der Waals surface area contributed by atoms with Gasteiger partial charge in [-0.2, -0.15) is 0 Å². The molecule has 3 aromatic heterocycles. The zero-order valence-corrected chi connectivity index (χ0v) is 14.9. The molecule has 0 saturated carbocycles. The summed E-state index contributed by atoms with van der Waals surface area (Å²) in [4.78, 5) is 23.5. The van der Waals surface area contributed by atoms with Crippen LogP contribution in [0.1, 0.15) is 17.0 Å². The van der Waals surface area contributed by atoms with Crippen LogP contribution in [0.5, 0.6) is 0 Å². The number of carbonyl (C=O) groups is 1. The summed E-state index contributed by atoms with van der Waals surface area (Å²) in [6.07, 6.45) is 4.07. The minimum Gasteiger partial charge on any atom is -0.341 e. The summed E-state index contributed by atoms with van der Waals surface area (Å²) in [5, 5.41) is 1.08. The number of aromatic nitrogens is 3. The predicted octanol–water partition coefficient (Wildman–Crippen LogP) is 3.39. The molecule has 130 valence electrons. The van der Waals surface area contributed by atoms with Gasteiger partial charge in [-0.1, -0.05) is 24.3 Å². The molecule has 0 aliphatic rings. The van der Waals surface area contributed by atoms with Crippen LogP contribution in [0.3, 0.4) is 0 Å². The zero-order chi connectivity index (χ0) is 18.1. The summed E-state index contributed by atoms with van der Waals surface area (Å²) in [6, 6.07) is 15.9. The number of amides is 1. The van der Waals surface area contributed by atoms with E-state index in [1.807, 2.05) is 73.1 Å². The first-order valence-electron chi connectivity index (χ1n) is 8.62. The van der Waals surface area contributed by atoms with E-state index < -0.39 is 0 Å². The highest BCUT2D eigenvalue weighted by atomic mass is 16.2. The Balaban J connectivity index is 1.57. The van der Waals surface area contributed by atoms with Crippen LogP contribution >= 0.6 is 0 Å². The number of nitrogens with zero attached hydrogens (tertiary/aromatic N) is 4. The average Bonchev–Trinajstić information content (AvgIpc) is 2.97. The fraction of sp³-hybridized carbons (Fsp3) is 0.190. The Morgan fingerprint density at radius 1 is 1.12 bits per heavy atom. The first-order valence-corrected chi connectivity index (χ1v) is 8.62. The second-order valence-electron chi connectivity index (χ2n) is 6.49. The lowest BCUT2D eigenvalue weighted by atomic mass is 10.1. The summed E-state index contributed by atoms with van der Waals surface area (Å²) in [6.45, 7) is 2.50. The number of fused-ring (bicyclic) bond motifs is 2. The second kappa shape index (κ2) is 6.59. The summed E-state index contributed by atoms with van der Waals surface area (Å²) in [5.41, 5.74) is 4.75. The first-order chi connectivity index (χ1) is 12.6. The van der Waals surface area contributed by atoms with Gasteiger partial charge in [0.25, 0.3) is 0 Å². The maximum Gasteiger partial charge on any atom is 0.228 e. The number of hydrogen-bond donors (Lipinski definition) is 0. The molecule has 26 heavy (non-hydrogen) atoms. The van der Waals surface area contributed by atoms with E-state index >= 15 is 0 Å². The quantitative estimate of drug-likeness (QED) is 0.570. The van der Waals surface area contributed by atoms with Crippen LogP contribution in [0.4, 0.5) is 0 Å². The third-order valence-electron chi connectivity index (χ3n) is 4.72. The Bertz CT molecular complexity index is 1090. The maximum atomic E-state index is 12.8.